The van der Waals surface area contributed by atoms with Gasteiger partial charge in [-0.25, -0.2) is 0 Å². The molecule has 1 heterocycles. The van der Waals surface area contributed by atoms with Gasteiger partial charge in [-0.1, -0.05) is 26.0 Å². The molecule has 2 nitrogen and oxygen atoms in total. The summed E-state index contributed by atoms with van der Waals surface area (Å²) in [6.45, 7) is 8.84. The van der Waals surface area contributed by atoms with Crippen LogP contribution in [0.5, 0.6) is 0 Å². The van der Waals surface area contributed by atoms with Crippen LogP contribution >= 0.6 is 0 Å². The summed E-state index contributed by atoms with van der Waals surface area (Å²) in [5.41, 5.74) is 2.76. The predicted molar refractivity (Wildman–Crippen MR) is 76.9 cm³/mol. The van der Waals surface area contributed by atoms with E-state index in [-0.39, 0.29) is 6.10 Å². The molecule has 1 unspecified atom stereocenters. The SMILES string of the molecule is CC(O)c1ccc(N2CCCC(C)(C)CC2)cc1. The van der Waals surface area contributed by atoms with Gasteiger partial charge in [-0.05, 0) is 49.3 Å². The summed E-state index contributed by atoms with van der Waals surface area (Å²) in [6, 6.07) is 8.35. The molecular weight excluding hydrogens is 222 g/mol. The van der Waals surface area contributed by atoms with Crippen molar-refractivity contribution < 1.29 is 5.11 Å². The maximum absolute atomic E-state index is 9.52. The third-order valence-corrected chi connectivity index (χ3v) is 4.08. The molecule has 1 aliphatic heterocycles. The zero-order valence-electron chi connectivity index (χ0n) is 11.8. The normalized spacial score (nSPS) is 21.4. The lowest BCUT2D eigenvalue weighted by atomic mass is 9.85. The van der Waals surface area contributed by atoms with E-state index in [1.165, 1.54) is 24.9 Å². The number of benzene rings is 1. The number of aliphatic hydroxyl groups excluding tert-OH is 1. The summed E-state index contributed by atoms with van der Waals surface area (Å²) in [5.74, 6) is 0. The van der Waals surface area contributed by atoms with Gasteiger partial charge < -0.3 is 10.0 Å². The number of hydrogen-bond donors (Lipinski definition) is 1. The number of aliphatic hydroxyl groups is 1. The zero-order valence-corrected chi connectivity index (χ0v) is 11.8. The minimum atomic E-state index is -0.373. The van der Waals surface area contributed by atoms with Crippen molar-refractivity contribution in [2.45, 2.75) is 46.1 Å². The van der Waals surface area contributed by atoms with E-state index in [9.17, 15) is 5.11 Å². The molecule has 1 atom stereocenters. The standard InChI is InChI=1S/C16H25NO/c1-13(18)14-5-7-15(8-6-14)17-11-4-9-16(2,3)10-12-17/h5-8,13,18H,4,9-12H2,1-3H3. The van der Waals surface area contributed by atoms with Crippen molar-refractivity contribution in [3.05, 3.63) is 29.8 Å². The van der Waals surface area contributed by atoms with Crippen molar-refractivity contribution >= 4 is 5.69 Å². The highest BCUT2D eigenvalue weighted by molar-refractivity contribution is 5.48. The molecule has 0 bridgehead atoms. The zero-order chi connectivity index (χ0) is 13.2. The van der Waals surface area contributed by atoms with Crippen molar-refractivity contribution in [2.75, 3.05) is 18.0 Å². The van der Waals surface area contributed by atoms with Crippen LogP contribution in [-0.4, -0.2) is 18.2 Å². The predicted octanol–water partition coefficient (Wildman–Crippen LogP) is 3.76. The Balaban J connectivity index is 2.07. The molecule has 0 amide bonds. The smallest absolute Gasteiger partial charge is 0.0761 e. The Morgan fingerprint density at radius 3 is 2.39 bits per heavy atom. The molecule has 18 heavy (non-hydrogen) atoms. The second-order valence-electron chi connectivity index (χ2n) is 6.27. The minimum absolute atomic E-state index is 0.373. The largest absolute Gasteiger partial charge is 0.389 e. The first-order chi connectivity index (χ1) is 8.48. The first-order valence-electron chi connectivity index (χ1n) is 7.01. The molecule has 0 saturated carbocycles. The van der Waals surface area contributed by atoms with E-state index in [1.54, 1.807) is 0 Å². The monoisotopic (exact) mass is 247 g/mol. The van der Waals surface area contributed by atoms with Crippen LogP contribution in [0.15, 0.2) is 24.3 Å². The van der Waals surface area contributed by atoms with Crippen LogP contribution in [-0.2, 0) is 0 Å². The van der Waals surface area contributed by atoms with E-state index in [2.05, 4.69) is 30.9 Å². The fraction of sp³-hybridized carbons (Fsp3) is 0.625. The Morgan fingerprint density at radius 1 is 1.11 bits per heavy atom. The Kier molecular flexibility index (Phi) is 3.96. The summed E-state index contributed by atoms with van der Waals surface area (Å²) in [5, 5.41) is 9.52. The lowest BCUT2D eigenvalue weighted by Gasteiger charge is -2.25. The second-order valence-corrected chi connectivity index (χ2v) is 6.27. The van der Waals surface area contributed by atoms with Gasteiger partial charge in [-0.15, -0.1) is 0 Å². The van der Waals surface area contributed by atoms with Gasteiger partial charge in [-0.3, -0.25) is 0 Å². The van der Waals surface area contributed by atoms with Crippen molar-refractivity contribution in [2.24, 2.45) is 5.41 Å². The average molecular weight is 247 g/mol. The molecule has 2 heteroatoms. The fourth-order valence-electron chi connectivity index (χ4n) is 2.64. The van der Waals surface area contributed by atoms with E-state index in [4.69, 9.17) is 0 Å². The number of hydrogen-bond acceptors (Lipinski definition) is 2. The van der Waals surface area contributed by atoms with E-state index in [0.29, 0.717) is 5.41 Å². The van der Waals surface area contributed by atoms with Gasteiger partial charge >= 0.3 is 0 Å². The maximum atomic E-state index is 9.52. The molecule has 0 aromatic heterocycles. The molecule has 0 spiro atoms. The molecule has 1 aromatic carbocycles. The van der Waals surface area contributed by atoms with Gasteiger partial charge in [0.2, 0.25) is 0 Å². The van der Waals surface area contributed by atoms with Gasteiger partial charge in [0.1, 0.15) is 0 Å². The summed E-state index contributed by atoms with van der Waals surface area (Å²) in [4.78, 5) is 2.47. The van der Waals surface area contributed by atoms with Crippen LogP contribution in [0.4, 0.5) is 5.69 Å². The van der Waals surface area contributed by atoms with E-state index in [0.717, 1.165) is 18.7 Å². The number of rotatable bonds is 2. The molecule has 1 aromatic rings. The van der Waals surface area contributed by atoms with E-state index >= 15 is 0 Å². The van der Waals surface area contributed by atoms with Gasteiger partial charge in [0.05, 0.1) is 6.10 Å². The topological polar surface area (TPSA) is 23.5 Å². The van der Waals surface area contributed by atoms with Crippen LogP contribution in [0, 0.1) is 5.41 Å². The molecule has 1 aliphatic rings. The summed E-state index contributed by atoms with van der Waals surface area (Å²) >= 11 is 0. The first-order valence-corrected chi connectivity index (χ1v) is 7.01. The third-order valence-electron chi connectivity index (χ3n) is 4.08. The molecule has 1 N–H and O–H groups in total. The van der Waals surface area contributed by atoms with Crippen molar-refractivity contribution in [1.82, 2.24) is 0 Å². The third kappa shape index (κ3) is 3.26. The summed E-state index contributed by atoms with van der Waals surface area (Å²) in [6.07, 6.45) is 3.47. The quantitative estimate of drug-likeness (QED) is 0.860. The van der Waals surface area contributed by atoms with Crippen LogP contribution in [0.3, 0.4) is 0 Å². The molecule has 1 saturated heterocycles. The minimum Gasteiger partial charge on any atom is -0.389 e. The van der Waals surface area contributed by atoms with Crippen molar-refractivity contribution in [1.29, 1.82) is 0 Å². The second kappa shape index (κ2) is 5.31. The molecule has 0 radical (unpaired) electrons. The molecule has 1 fully saturated rings. The van der Waals surface area contributed by atoms with Crippen molar-refractivity contribution in [3.63, 3.8) is 0 Å². The first kappa shape index (κ1) is 13.4. The van der Waals surface area contributed by atoms with Gasteiger partial charge in [0.15, 0.2) is 0 Å². The van der Waals surface area contributed by atoms with Crippen LogP contribution in [0.25, 0.3) is 0 Å². The highest BCUT2D eigenvalue weighted by Crippen LogP contribution is 2.31. The van der Waals surface area contributed by atoms with Crippen molar-refractivity contribution in [3.8, 4) is 0 Å². The lowest BCUT2D eigenvalue weighted by Crippen LogP contribution is -2.24. The number of anilines is 1. The lowest BCUT2D eigenvalue weighted by molar-refractivity contribution is 0.199. The van der Waals surface area contributed by atoms with Gasteiger partial charge in [0.25, 0.3) is 0 Å². The molecule has 100 valence electrons. The molecule has 2 rings (SSSR count). The van der Waals surface area contributed by atoms with Gasteiger partial charge in [0, 0.05) is 18.8 Å². The highest BCUT2D eigenvalue weighted by atomic mass is 16.3. The van der Waals surface area contributed by atoms with E-state index in [1.807, 2.05) is 19.1 Å². The fourth-order valence-corrected chi connectivity index (χ4v) is 2.64. The van der Waals surface area contributed by atoms with Crippen LogP contribution in [0.2, 0.25) is 0 Å². The average Bonchev–Trinajstić information content (AvgIpc) is 2.50. The molecular formula is C16H25NO. The van der Waals surface area contributed by atoms with Gasteiger partial charge in [-0.2, -0.15) is 0 Å². The van der Waals surface area contributed by atoms with E-state index < -0.39 is 0 Å². The summed E-state index contributed by atoms with van der Waals surface area (Å²) in [7, 11) is 0. The van der Waals surface area contributed by atoms with Crippen LogP contribution < -0.4 is 4.90 Å². The highest BCUT2D eigenvalue weighted by Gasteiger charge is 2.23. The Bertz CT molecular complexity index is 381. The number of nitrogens with zero attached hydrogens (tertiary/aromatic N) is 1. The van der Waals surface area contributed by atoms with Crippen LogP contribution in [0.1, 0.15) is 51.7 Å². The summed E-state index contributed by atoms with van der Waals surface area (Å²) < 4.78 is 0. The maximum Gasteiger partial charge on any atom is 0.0761 e. The Morgan fingerprint density at radius 2 is 1.78 bits per heavy atom. The molecule has 0 aliphatic carbocycles. The Hall–Kier alpha value is -1.02. The Labute approximate surface area is 111 Å².